The van der Waals surface area contributed by atoms with Crippen LogP contribution in [-0.4, -0.2) is 38.0 Å². The summed E-state index contributed by atoms with van der Waals surface area (Å²) in [5.74, 6) is 0.542. The molecule has 1 aliphatic rings. The summed E-state index contributed by atoms with van der Waals surface area (Å²) < 4.78 is 0. The molecular weight excluding hydrogens is 290 g/mol. The predicted molar refractivity (Wildman–Crippen MR) is 82.4 cm³/mol. The van der Waals surface area contributed by atoms with Crippen molar-refractivity contribution in [3.63, 3.8) is 0 Å². The lowest BCUT2D eigenvalue weighted by Crippen LogP contribution is -2.39. The Morgan fingerprint density at radius 2 is 1.76 bits per heavy atom. The molecule has 0 saturated heterocycles. The number of halogens is 1. The zero-order valence-corrected chi connectivity index (χ0v) is 12.6. The molecule has 1 saturated carbocycles. The molecule has 0 radical (unpaired) electrons. The van der Waals surface area contributed by atoms with E-state index < -0.39 is 0 Å². The van der Waals surface area contributed by atoms with Crippen LogP contribution in [0.2, 0.25) is 5.02 Å². The minimum absolute atomic E-state index is 0.0450. The fourth-order valence-electron chi connectivity index (χ4n) is 1.86. The number of amides is 2. The molecule has 3 N–H and O–H groups in total. The molecule has 0 aliphatic heterocycles. The Morgan fingerprint density at radius 1 is 1.10 bits per heavy atom. The fourth-order valence-corrected chi connectivity index (χ4v) is 1.98. The van der Waals surface area contributed by atoms with Crippen molar-refractivity contribution in [2.75, 3.05) is 26.2 Å². The monoisotopic (exact) mass is 309 g/mol. The highest BCUT2D eigenvalue weighted by molar-refractivity contribution is 6.30. The predicted octanol–water partition coefficient (Wildman–Crippen LogP) is 1.19. The first-order valence-corrected chi connectivity index (χ1v) is 7.54. The Labute approximate surface area is 129 Å². The molecule has 5 nitrogen and oxygen atoms in total. The van der Waals surface area contributed by atoms with E-state index in [0.29, 0.717) is 30.2 Å². The van der Waals surface area contributed by atoms with Crippen LogP contribution in [0.15, 0.2) is 24.3 Å². The molecule has 0 atom stereocenters. The molecule has 0 aromatic heterocycles. The van der Waals surface area contributed by atoms with E-state index in [0.717, 1.165) is 12.5 Å². The zero-order chi connectivity index (χ0) is 15.1. The fraction of sp³-hybridized carbons (Fsp3) is 0.467. The minimum Gasteiger partial charge on any atom is -0.353 e. The van der Waals surface area contributed by atoms with Gasteiger partial charge in [0.1, 0.15) is 0 Å². The maximum Gasteiger partial charge on any atom is 0.251 e. The molecule has 0 spiro atoms. The Balaban J connectivity index is 1.54. The molecule has 0 unspecified atom stereocenters. The average molecular weight is 310 g/mol. The number of nitrogens with one attached hydrogen (secondary N) is 3. The summed E-state index contributed by atoms with van der Waals surface area (Å²) in [5.41, 5.74) is 0.553. The second-order valence-electron chi connectivity index (χ2n) is 5.19. The van der Waals surface area contributed by atoms with Gasteiger partial charge < -0.3 is 16.0 Å². The van der Waals surface area contributed by atoms with Crippen LogP contribution < -0.4 is 16.0 Å². The summed E-state index contributed by atoms with van der Waals surface area (Å²) in [7, 11) is 0. The lowest BCUT2D eigenvalue weighted by molar-refractivity contribution is -0.120. The second kappa shape index (κ2) is 8.00. The molecule has 21 heavy (non-hydrogen) atoms. The smallest absolute Gasteiger partial charge is 0.251 e. The molecule has 1 aliphatic carbocycles. The van der Waals surface area contributed by atoms with Crippen LogP contribution in [0.4, 0.5) is 0 Å². The van der Waals surface area contributed by atoms with Gasteiger partial charge in [0.25, 0.3) is 5.91 Å². The lowest BCUT2D eigenvalue weighted by Gasteiger charge is -2.08. The van der Waals surface area contributed by atoms with Crippen LogP contribution in [0, 0.1) is 5.92 Å². The summed E-state index contributed by atoms with van der Waals surface area (Å²) in [6.07, 6.45) is 2.54. The average Bonchev–Trinajstić information content (AvgIpc) is 3.28. The number of hydrogen-bond acceptors (Lipinski definition) is 3. The number of rotatable bonds is 8. The highest BCUT2D eigenvalue weighted by Crippen LogP contribution is 2.27. The van der Waals surface area contributed by atoms with Crippen molar-refractivity contribution in [3.05, 3.63) is 34.9 Å². The number of hydrogen-bond donors (Lipinski definition) is 3. The van der Waals surface area contributed by atoms with Crippen molar-refractivity contribution >= 4 is 23.4 Å². The quantitative estimate of drug-likeness (QED) is 0.632. The molecule has 1 aromatic rings. The number of benzene rings is 1. The molecular formula is C15H20ClN3O2. The standard InChI is InChI=1S/C15H20ClN3O2/c16-13-5-3-12(4-6-13)15(21)19-8-7-18-14(20)10-17-9-11-1-2-11/h3-6,11,17H,1-2,7-10H2,(H,18,20)(H,19,21). The number of carbonyl (C=O) groups is 2. The summed E-state index contributed by atoms with van der Waals surface area (Å²) in [6, 6.07) is 6.67. The van der Waals surface area contributed by atoms with E-state index in [1.54, 1.807) is 24.3 Å². The maximum absolute atomic E-state index is 11.8. The Hall–Kier alpha value is -1.59. The van der Waals surface area contributed by atoms with Crippen LogP contribution >= 0.6 is 11.6 Å². The largest absolute Gasteiger partial charge is 0.353 e. The van der Waals surface area contributed by atoms with Crippen molar-refractivity contribution in [2.45, 2.75) is 12.8 Å². The summed E-state index contributed by atoms with van der Waals surface area (Å²) in [4.78, 5) is 23.3. The van der Waals surface area contributed by atoms with Gasteiger partial charge in [-0.05, 0) is 49.6 Å². The van der Waals surface area contributed by atoms with Crippen LogP contribution in [-0.2, 0) is 4.79 Å². The van der Waals surface area contributed by atoms with Gasteiger partial charge in [-0.25, -0.2) is 0 Å². The van der Waals surface area contributed by atoms with Gasteiger partial charge in [0, 0.05) is 23.7 Å². The van der Waals surface area contributed by atoms with Crippen molar-refractivity contribution in [1.82, 2.24) is 16.0 Å². The van der Waals surface area contributed by atoms with Crippen molar-refractivity contribution < 1.29 is 9.59 Å². The highest BCUT2D eigenvalue weighted by atomic mass is 35.5. The first-order chi connectivity index (χ1) is 10.1. The van der Waals surface area contributed by atoms with Crippen molar-refractivity contribution in [1.29, 1.82) is 0 Å². The Bertz CT molecular complexity index is 486. The molecule has 2 amide bonds. The Kier molecular flexibility index (Phi) is 6.02. The molecule has 0 bridgehead atoms. The van der Waals surface area contributed by atoms with Gasteiger partial charge >= 0.3 is 0 Å². The van der Waals surface area contributed by atoms with Crippen LogP contribution in [0.3, 0.4) is 0 Å². The van der Waals surface area contributed by atoms with Gasteiger partial charge in [0.15, 0.2) is 0 Å². The van der Waals surface area contributed by atoms with Crippen LogP contribution in [0.5, 0.6) is 0 Å². The van der Waals surface area contributed by atoms with E-state index >= 15 is 0 Å². The maximum atomic E-state index is 11.8. The molecule has 114 valence electrons. The van der Waals surface area contributed by atoms with E-state index in [1.807, 2.05) is 0 Å². The van der Waals surface area contributed by atoms with Crippen molar-refractivity contribution in [3.8, 4) is 0 Å². The van der Waals surface area contributed by atoms with E-state index in [4.69, 9.17) is 11.6 Å². The van der Waals surface area contributed by atoms with E-state index in [2.05, 4.69) is 16.0 Å². The normalized spacial score (nSPS) is 13.8. The van der Waals surface area contributed by atoms with Gasteiger partial charge in [-0.2, -0.15) is 0 Å². The molecule has 1 fully saturated rings. The summed E-state index contributed by atoms with van der Waals surface area (Å²) in [6.45, 7) is 2.07. The van der Waals surface area contributed by atoms with Crippen LogP contribution in [0.25, 0.3) is 0 Å². The van der Waals surface area contributed by atoms with E-state index in [9.17, 15) is 9.59 Å². The van der Waals surface area contributed by atoms with Gasteiger partial charge in [0.2, 0.25) is 5.91 Å². The van der Waals surface area contributed by atoms with E-state index in [-0.39, 0.29) is 11.8 Å². The minimum atomic E-state index is -0.173. The summed E-state index contributed by atoms with van der Waals surface area (Å²) in [5, 5.41) is 9.21. The Morgan fingerprint density at radius 3 is 2.43 bits per heavy atom. The third kappa shape index (κ3) is 6.14. The highest BCUT2D eigenvalue weighted by Gasteiger charge is 2.20. The first-order valence-electron chi connectivity index (χ1n) is 7.16. The zero-order valence-electron chi connectivity index (χ0n) is 11.8. The molecule has 0 heterocycles. The number of carbonyl (C=O) groups excluding carboxylic acids is 2. The molecule has 6 heteroatoms. The van der Waals surface area contributed by atoms with Gasteiger partial charge in [-0.15, -0.1) is 0 Å². The third-order valence-electron chi connectivity index (χ3n) is 3.25. The topological polar surface area (TPSA) is 70.2 Å². The lowest BCUT2D eigenvalue weighted by atomic mass is 10.2. The SMILES string of the molecule is O=C(CNCC1CC1)NCCNC(=O)c1ccc(Cl)cc1. The van der Waals surface area contributed by atoms with Crippen molar-refractivity contribution in [2.24, 2.45) is 5.92 Å². The third-order valence-corrected chi connectivity index (χ3v) is 3.51. The van der Waals surface area contributed by atoms with Gasteiger partial charge in [-0.3, -0.25) is 9.59 Å². The van der Waals surface area contributed by atoms with Gasteiger partial charge in [0.05, 0.1) is 6.54 Å². The summed E-state index contributed by atoms with van der Waals surface area (Å²) >= 11 is 5.76. The van der Waals surface area contributed by atoms with E-state index in [1.165, 1.54) is 12.8 Å². The first kappa shape index (κ1) is 15.8. The molecule has 2 rings (SSSR count). The second-order valence-corrected chi connectivity index (χ2v) is 5.62. The van der Waals surface area contributed by atoms with Crippen LogP contribution in [0.1, 0.15) is 23.2 Å². The van der Waals surface area contributed by atoms with Gasteiger partial charge in [-0.1, -0.05) is 11.6 Å². The molecule has 1 aromatic carbocycles.